The Bertz CT molecular complexity index is 399. The zero-order chi connectivity index (χ0) is 15.7. The van der Waals surface area contributed by atoms with Crippen molar-refractivity contribution >= 4 is 0 Å². The molecule has 0 aromatic carbocycles. The summed E-state index contributed by atoms with van der Waals surface area (Å²) in [7, 11) is 0. The smallest absolute Gasteiger partial charge is 0.220 e. The first-order valence-electron chi connectivity index (χ1n) is 8.21. The highest BCUT2D eigenvalue weighted by molar-refractivity contribution is 5.02. The second-order valence-corrected chi connectivity index (χ2v) is 6.58. The molecular weight excluding hydrogens is 308 g/mol. The molecule has 0 spiro atoms. The average molecular weight is 332 g/mol. The van der Waals surface area contributed by atoms with Crippen LogP contribution in [0.3, 0.4) is 0 Å². The molecule has 4 aliphatic rings. The van der Waals surface area contributed by atoms with Crippen LogP contribution < -0.4 is 0 Å². The van der Waals surface area contributed by atoms with Crippen molar-refractivity contribution in [3.8, 4) is 0 Å². The summed E-state index contributed by atoms with van der Waals surface area (Å²) in [5.74, 6) is -0.485. The SMILES string of the molecule is OC(COCC1CO1)COCC1COCC2(OCC3CO3)OC12. The molecule has 0 aromatic rings. The summed E-state index contributed by atoms with van der Waals surface area (Å²) < 4.78 is 38.2. The van der Waals surface area contributed by atoms with Crippen molar-refractivity contribution < 1.29 is 38.3 Å². The van der Waals surface area contributed by atoms with Crippen LogP contribution in [0.2, 0.25) is 0 Å². The summed E-state index contributed by atoms with van der Waals surface area (Å²) in [5, 5.41) is 9.80. The van der Waals surface area contributed by atoms with Crippen molar-refractivity contribution in [3.05, 3.63) is 0 Å². The maximum atomic E-state index is 9.80. The zero-order valence-electron chi connectivity index (χ0n) is 13.1. The molecule has 4 saturated heterocycles. The van der Waals surface area contributed by atoms with Gasteiger partial charge in [-0.25, -0.2) is 0 Å². The van der Waals surface area contributed by atoms with E-state index in [4.69, 9.17) is 33.2 Å². The van der Waals surface area contributed by atoms with Crippen molar-refractivity contribution in [2.24, 2.45) is 5.92 Å². The summed E-state index contributed by atoms with van der Waals surface area (Å²) in [5.41, 5.74) is 0. The number of rotatable bonds is 11. The standard InChI is InChI=1S/C15H24O8/c16-11(4-18-5-12-6-20-12)3-17-1-10-2-19-9-15(14(10)23-15)22-8-13-7-21-13/h10-14,16H,1-9H2. The van der Waals surface area contributed by atoms with Gasteiger partial charge in [-0.05, 0) is 0 Å². The number of fused-ring (bicyclic) bond motifs is 1. The highest BCUT2D eigenvalue weighted by Crippen LogP contribution is 2.46. The number of epoxide rings is 3. The Kier molecular flexibility index (Phi) is 4.84. The summed E-state index contributed by atoms with van der Waals surface area (Å²) in [6.45, 7) is 4.61. The van der Waals surface area contributed by atoms with Gasteiger partial charge in [-0.2, -0.15) is 0 Å². The minimum absolute atomic E-state index is 0.00964. The number of aliphatic hydroxyl groups excluding tert-OH is 1. The molecular formula is C15H24O8. The van der Waals surface area contributed by atoms with E-state index in [1.165, 1.54) is 0 Å². The van der Waals surface area contributed by atoms with Gasteiger partial charge in [-0.1, -0.05) is 0 Å². The van der Waals surface area contributed by atoms with Crippen molar-refractivity contribution in [3.63, 3.8) is 0 Å². The van der Waals surface area contributed by atoms with E-state index in [2.05, 4.69) is 0 Å². The summed E-state index contributed by atoms with van der Waals surface area (Å²) in [6, 6.07) is 0. The third-order valence-corrected chi connectivity index (χ3v) is 4.34. The zero-order valence-corrected chi connectivity index (χ0v) is 13.1. The second kappa shape index (κ2) is 6.89. The van der Waals surface area contributed by atoms with E-state index in [9.17, 15) is 5.11 Å². The monoisotopic (exact) mass is 332 g/mol. The number of hydrogen-bond acceptors (Lipinski definition) is 8. The highest BCUT2D eigenvalue weighted by Gasteiger charge is 2.64. The van der Waals surface area contributed by atoms with Crippen LogP contribution in [0.15, 0.2) is 0 Å². The molecule has 0 bridgehead atoms. The molecule has 6 atom stereocenters. The number of hydrogen-bond donors (Lipinski definition) is 1. The molecule has 4 fully saturated rings. The van der Waals surface area contributed by atoms with Crippen molar-refractivity contribution in [1.29, 1.82) is 0 Å². The van der Waals surface area contributed by atoms with Crippen LogP contribution in [0.4, 0.5) is 0 Å². The van der Waals surface area contributed by atoms with E-state index >= 15 is 0 Å². The largest absolute Gasteiger partial charge is 0.388 e. The Hall–Kier alpha value is -0.320. The van der Waals surface area contributed by atoms with Gasteiger partial charge in [-0.3, -0.25) is 0 Å². The molecule has 0 aromatic heterocycles. The Morgan fingerprint density at radius 2 is 1.70 bits per heavy atom. The van der Waals surface area contributed by atoms with Gasteiger partial charge < -0.3 is 38.3 Å². The lowest BCUT2D eigenvalue weighted by Crippen LogP contribution is -2.40. The molecule has 0 saturated carbocycles. The summed E-state index contributed by atoms with van der Waals surface area (Å²) in [4.78, 5) is 0. The fourth-order valence-electron chi connectivity index (χ4n) is 2.79. The van der Waals surface area contributed by atoms with E-state index in [0.29, 0.717) is 33.0 Å². The quantitative estimate of drug-likeness (QED) is 0.478. The van der Waals surface area contributed by atoms with Gasteiger partial charge in [-0.15, -0.1) is 0 Å². The third kappa shape index (κ3) is 4.40. The van der Waals surface area contributed by atoms with Crippen LogP contribution >= 0.6 is 0 Å². The number of ether oxygens (including phenoxy) is 7. The molecule has 0 radical (unpaired) electrons. The first-order valence-corrected chi connectivity index (χ1v) is 8.21. The average Bonchev–Trinajstić information content (AvgIpc) is 3.40. The van der Waals surface area contributed by atoms with Gasteiger partial charge in [0.05, 0.1) is 52.9 Å². The molecule has 23 heavy (non-hydrogen) atoms. The minimum Gasteiger partial charge on any atom is -0.388 e. The molecule has 1 N–H and O–H groups in total. The number of aliphatic hydroxyl groups is 1. The van der Waals surface area contributed by atoms with Gasteiger partial charge in [0.1, 0.15) is 31.0 Å². The van der Waals surface area contributed by atoms with Crippen LogP contribution in [-0.2, 0) is 33.2 Å². The van der Waals surface area contributed by atoms with Crippen LogP contribution in [0, 0.1) is 5.92 Å². The Labute approximate surface area is 134 Å². The van der Waals surface area contributed by atoms with E-state index in [0.717, 1.165) is 13.2 Å². The summed E-state index contributed by atoms with van der Waals surface area (Å²) >= 11 is 0. The first-order chi connectivity index (χ1) is 11.3. The minimum atomic E-state index is -0.633. The van der Waals surface area contributed by atoms with E-state index in [1.54, 1.807) is 0 Å². The molecule has 0 aliphatic carbocycles. The van der Waals surface area contributed by atoms with Crippen LogP contribution in [0.1, 0.15) is 0 Å². The van der Waals surface area contributed by atoms with E-state index in [1.807, 2.05) is 0 Å². The summed E-state index contributed by atoms with van der Waals surface area (Å²) in [6.07, 6.45) is -0.201. The van der Waals surface area contributed by atoms with Gasteiger partial charge in [0, 0.05) is 5.92 Å². The Morgan fingerprint density at radius 3 is 2.43 bits per heavy atom. The van der Waals surface area contributed by atoms with Crippen LogP contribution in [0.25, 0.3) is 0 Å². The maximum Gasteiger partial charge on any atom is 0.220 e. The van der Waals surface area contributed by atoms with E-state index in [-0.39, 0.29) is 37.4 Å². The first kappa shape index (κ1) is 16.2. The molecule has 8 nitrogen and oxygen atoms in total. The molecule has 8 heteroatoms. The second-order valence-electron chi connectivity index (χ2n) is 6.58. The van der Waals surface area contributed by atoms with Crippen LogP contribution in [0.5, 0.6) is 0 Å². The topological polar surface area (TPSA) is 94.7 Å². The normalized spacial score (nSPS) is 42.1. The van der Waals surface area contributed by atoms with Gasteiger partial charge >= 0.3 is 0 Å². The predicted molar refractivity (Wildman–Crippen MR) is 75.0 cm³/mol. The molecule has 0 amide bonds. The maximum absolute atomic E-state index is 9.80. The fraction of sp³-hybridized carbons (Fsp3) is 1.00. The van der Waals surface area contributed by atoms with E-state index < -0.39 is 11.9 Å². The lowest BCUT2D eigenvalue weighted by atomic mass is 10.0. The molecule has 132 valence electrons. The van der Waals surface area contributed by atoms with Gasteiger partial charge in [0.25, 0.3) is 0 Å². The molecule has 4 rings (SSSR count). The fourth-order valence-corrected chi connectivity index (χ4v) is 2.79. The van der Waals surface area contributed by atoms with Crippen molar-refractivity contribution in [2.45, 2.75) is 30.2 Å². The van der Waals surface area contributed by atoms with Gasteiger partial charge in [0.2, 0.25) is 5.79 Å². The Balaban J connectivity index is 1.10. The lowest BCUT2D eigenvalue weighted by Gasteiger charge is -2.24. The third-order valence-electron chi connectivity index (χ3n) is 4.34. The van der Waals surface area contributed by atoms with Gasteiger partial charge in [0.15, 0.2) is 0 Å². The molecule has 4 heterocycles. The highest BCUT2D eigenvalue weighted by atomic mass is 16.8. The van der Waals surface area contributed by atoms with Crippen molar-refractivity contribution in [1.82, 2.24) is 0 Å². The molecule has 4 aliphatic heterocycles. The van der Waals surface area contributed by atoms with Crippen molar-refractivity contribution in [2.75, 3.05) is 59.5 Å². The van der Waals surface area contributed by atoms with Crippen LogP contribution in [-0.4, -0.2) is 94.8 Å². The molecule has 6 unspecified atom stereocenters. The Morgan fingerprint density at radius 1 is 1.00 bits per heavy atom. The lowest BCUT2D eigenvalue weighted by molar-refractivity contribution is -0.117. The predicted octanol–water partition coefficient (Wildman–Crippen LogP) is -1.06.